The highest BCUT2D eigenvalue weighted by Crippen LogP contribution is 2.24. The van der Waals surface area contributed by atoms with Crippen LogP contribution in [-0.2, 0) is 4.74 Å². The second-order valence-corrected chi connectivity index (χ2v) is 7.68. The Bertz CT molecular complexity index is 626. The number of likely N-dealkylation sites (tertiary alicyclic amines) is 1. The second-order valence-electron chi connectivity index (χ2n) is 7.68. The van der Waals surface area contributed by atoms with Crippen molar-refractivity contribution in [2.45, 2.75) is 52.1 Å². The number of hydrogen-bond donors (Lipinski definition) is 0. The first-order valence-corrected chi connectivity index (χ1v) is 9.01. The summed E-state index contributed by atoms with van der Waals surface area (Å²) >= 11 is 0. The van der Waals surface area contributed by atoms with Crippen molar-refractivity contribution in [3.8, 4) is 5.75 Å². The molecule has 1 saturated heterocycles. The van der Waals surface area contributed by atoms with E-state index in [0.717, 1.165) is 25.7 Å². The largest absolute Gasteiger partial charge is 0.490 e. The van der Waals surface area contributed by atoms with Crippen LogP contribution in [0.4, 0.5) is 13.6 Å². The molecule has 0 bridgehead atoms. The fraction of sp³-hybridized carbons (Fsp3) is 0.632. The molecule has 7 heteroatoms. The van der Waals surface area contributed by atoms with Crippen molar-refractivity contribution in [1.82, 2.24) is 4.90 Å². The molecule has 1 amide bonds. The minimum atomic E-state index is -1.07. The Labute approximate surface area is 155 Å². The first-order chi connectivity index (χ1) is 12.2. The van der Waals surface area contributed by atoms with E-state index in [1.165, 1.54) is 12.1 Å². The van der Waals surface area contributed by atoms with E-state index in [9.17, 15) is 13.6 Å². The molecule has 0 aliphatic carbocycles. The zero-order valence-electron chi connectivity index (χ0n) is 15.7. The number of ether oxygens (including phenoxy) is 2. The van der Waals surface area contributed by atoms with Gasteiger partial charge >= 0.3 is 6.09 Å². The van der Waals surface area contributed by atoms with Gasteiger partial charge in [-0.25, -0.2) is 9.18 Å². The van der Waals surface area contributed by atoms with Gasteiger partial charge in [-0.15, -0.1) is 0 Å². The molecule has 1 aromatic rings. The van der Waals surface area contributed by atoms with Crippen molar-refractivity contribution in [2.75, 3.05) is 19.7 Å². The standard InChI is InChI=1S/C19H26BF2NO3/c1-19(2,3)26-18(24)23-10-8-13(9-11-23)5-4-12-25-15-7-6-14(20)16(21)17(15)22/h6-7,13H,4-5,8-12H2,1-3H3. The minimum absolute atomic E-state index is 0.114. The smallest absolute Gasteiger partial charge is 0.410 e. The lowest BCUT2D eigenvalue weighted by Gasteiger charge is -2.33. The average Bonchev–Trinajstić information content (AvgIpc) is 2.57. The molecule has 1 aromatic carbocycles. The number of halogens is 2. The van der Waals surface area contributed by atoms with Crippen LogP contribution < -0.4 is 10.2 Å². The zero-order valence-corrected chi connectivity index (χ0v) is 15.7. The van der Waals surface area contributed by atoms with E-state index in [4.69, 9.17) is 17.3 Å². The van der Waals surface area contributed by atoms with Gasteiger partial charge in [0.15, 0.2) is 17.4 Å². The molecule has 26 heavy (non-hydrogen) atoms. The Morgan fingerprint density at radius 3 is 2.50 bits per heavy atom. The summed E-state index contributed by atoms with van der Waals surface area (Å²) in [5.74, 6) is -1.74. The number of amides is 1. The van der Waals surface area contributed by atoms with Crippen molar-refractivity contribution in [3.63, 3.8) is 0 Å². The Hall–Kier alpha value is -1.79. The van der Waals surface area contributed by atoms with Gasteiger partial charge in [0.05, 0.1) is 6.61 Å². The third-order valence-corrected chi connectivity index (χ3v) is 4.36. The number of rotatable bonds is 5. The molecule has 1 fully saturated rings. The highest BCUT2D eigenvalue weighted by molar-refractivity contribution is 6.32. The third kappa shape index (κ3) is 5.89. The molecule has 4 nitrogen and oxygen atoms in total. The van der Waals surface area contributed by atoms with E-state index < -0.39 is 17.2 Å². The van der Waals surface area contributed by atoms with E-state index in [-0.39, 0.29) is 17.3 Å². The zero-order chi connectivity index (χ0) is 19.3. The minimum Gasteiger partial charge on any atom is -0.490 e. The fourth-order valence-electron chi connectivity index (χ4n) is 2.94. The van der Waals surface area contributed by atoms with Crippen LogP contribution in [0.3, 0.4) is 0 Å². The van der Waals surface area contributed by atoms with E-state index in [0.29, 0.717) is 25.6 Å². The first kappa shape index (κ1) is 20.5. The molecule has 0 saturated carbocycles. The van der Waals surface area contributed by atoms with Crippen molar-refractivity contribution >= 4 is 19.4 Å². The predicted octanol–water partition coefficient (Wildman–Crippen LogP) is 3.56. The summed E-state index contributed by atoms with van der Waals surface area (Å²) in [5, 5.41) is 0. The van der Waals surface area contributed by atoms with Crippen LogP contribution in [0.2, 0.25) is 0 Å². The Morgan fingerprint density at radius 1 is 1.23 bits per heavy atom. The van der Waals surface area contributed by atoms with Gasteiger partial charge in [0.2, 0.25) is 0 Å². The highest BCUT2D eigenvalue weighted by atomic mass is 19.2. The third-order valence-electron chi connectivity index (χ3n) is 4.36. The maximum atomic E-state index is 13.7. The van der Waals surface area contributed by atoms with Gasteiger partial charge in [-0.2, -0.15) is 4.39 Å². The van der Waals surface area contributed by atoms with Crippen LogP contribution in [0.5, 0.6) is 5.75 Å². The highest BCUT2D eigenvalue weighted by Gasteiger charge is 2.26. The molecule has 2 radical (unpaired) electrons. The number of carbonyl (C=O) groups excluding carboxylic acids is 1. The Balaban J connectivity index is 1.68. The second kappa shape index (κ2) is 8.74. The average molecular weight is 365 g/mol. The van der Waals surface area contributed by atoms with E-state index in [2.05, 4.69) is 0 Å². The molecule has 1 heterocycles. The molecule has 0 unspecified atom stereocenters. The number of piperidine rings is 1. The summed E-state index contributed by atoms with van der Waals surface area (Å²) < 4.78 is 37.7. The lowest BCUT2D eigenvalue weighted by molar-refractivity contribution is 0.0179. The van der Waals surface area contributed by atoms with Crippen LogP contribution in [0.15, 0.2) is 12.1 Å². The molecule has 0 atom stereocenters. The monoisotopic (exact) mass is 365 g/mol. The van der Waals surface area contributed by atoms with Gasteiger partial charge in [0.1, 0.15) is 13.4 Å². The molecule has 0 aromatic heterocycles. The van der Waals surface area contributed by atoms with Crippen LogP contribution in [0.25, 0.3) is 0 Å². The Morgan fingerprint density at radius 2 is 1.88 bits per heavy atom. The van der Waals surface area contributed by atoms with Gasteiger partial charge in [-0.3, -0.25) is 0 Å². The van der Waals surface area contributed by atoms with Crippen LogP contribution in [0.1, 0.15) is 46.5 Å². The molecular weight excluding hydrogens is 339 g/mol. The summed E-state index contributed by atoms with van der Waals surface area (Å²) in [6.07, 6.45) is 3.21. The molecule has 1 aliphatic heterocycles. The van der Waals surface area contributed by atoms with Gasteiger partial charge < -0.3 is 14.4 Å². The predicted molar refractivity (Wildman–Crippen MR) is 97.0 cm³/mol. The van der Waals surface area contributed by atoms with Crippen LogP contribution >= 0.6 is 0 Å². The van der Waals surface area contributed by atoms with Crippen molar-refractivity contribution in [1.29, 1.82) is 0 Å². The van der Waals surface area contributed by atoms with Crippen molar-refractivity contribution in [2.24, 2.45) is 5.92 Å². The Kier molecular flexibility index (Phi) is 6.90. The summed E-state index contributed by atoms with van der Waals surface area (Å²) in [7, 11) is 5.30. The molecular formula is C19H26BF2NO3. The normalized spacial score (nSPS) is 15.8. The molecule has 2 rings (SSSR count). The van der Waals surface area contributed by atoms with Gasteiger partial charge in [-0.05, 0) is 58.4 Å². The van der Waals surface area contributed by atoms with E-state index in [1.54, 1.807) is 4.90 Å². The number of nitrogens with zero attached hydrogens (tertiary/aromatic N) is 1. The van der Waals surface area contributed by atoms with Gasteiger partial charge in [0.25, 0.3) is 0 Å². The SMILES string of the molecule is [B]c1ccc(OCCCC2CCN(C(=O)OC(C)(C)C)CC2)c(F)c1F. The quantitative estimate of drug-likeness (QED) is 0.592. The van der Waals surface area contributed by atoms with E-state index >= 15 is 0 Å². The number of carbonyl (C=O) groups is 1. The maximum Gasteiger partial charge on any atom is 0.410 e. The van der Waals surface area contributed by atoms with Gasteiger partial charge in [0, 0.05) is 13.1 Å². The van der Waals surface area contributed by atoms with E-state index in [1.807, 2.05) is 20.8 Å². The molecule has 0 spiro atoms. The van der Waals surface area contributed by atoms with Crippen molar-refractivity contribution < 1.29 is 23.0 Å². The summed E-state index contributed by atoms with van der Waals surface area (Å²) in [6.45, 7) is 7.23. The summed E-state index contributed by atoms with van der Waals surface area (Å²) in [4.78, 5) is 13.8. The lowest BCUT2D eigenvalue weighted by atomic mass is 9.92. The number of hydrogen-bond acceptors (Lipinski definition) is 3. The van der Waals surface area contributed by atoms with Crippen molar-refractivity contribution in [3.05, 3.63) is 23.8 Å². The van der Waals surface area contributed by atoms with Crippen LogP contribution in [0, 0.1) is 17.6 Å². The summed E-state index contributed by atoms with van der Waals surface area (Å²) in [5.41, 5.74) is -0.714. The fourth-order valence-corrected chi connectivity index (χ4v) is 2.94. The van der Waals surface area contributed by atoms with Crippen LogP contribution in [-0.4, -0.2) is 44.1 Å². The first-order valence-electron chi connectivity index (χ1n) is 9.01. The molecule has 0 N–H and O–H groups in total. The number of benzene rings is 1. The molecule has 142 valence electrons. The maximum absolute atomic E-state index is 13.7. The molecule has 1 aliphatic rings. The summed E-state index contributed by atoms with van der Waals surface area (Å²) in [6, 6.07) is 2.63. The topological polar surface area (TPSA) is 38.8 Å². The lowest BCUT2D eigenvalue weighted by Crippen LogP contribution is -2.41. The van der Waals surface area contributed by atoms with Gasteiger partial charge in [-0.1, -0.05) is 11.5 Å².